The molecule has 142 valence electrons. The molecule has 1 aliphatic heterocycles. The zero-order chi connectivity index (χ0) is 17.0. The Balaban J connectivity index is 0.00000312. The summed E-state index contributed by atoms with van der Waals surface area (Å²) < 4.78 is 0. The van der Waals surface area contributed by atoms with Crippen molar-refractivity contribution in [2.75, 3.05) is 50.7 Å². The molecule has 0 radical (unpaired) electrons. The average Bonchev–Trinajstić information content (AvgIpc) is 2.63. The zero-order valence-electron chi connectivity index (χ0n) is 15.2. The van der Waals surface area contributed by atoms with Crippen molar-refractivity contribution in [3.05, 3.63) is 18.5 Å². The summed E-state index contributed by atoms with van der Waals surface area (Å²) in [5.41, 5.74) is 5.90. The summed E-state index contributed by atoms with van der Waals surface area (Å²) in [5.74, 6) is 1.40. The van der Waals surface area contributed by atoms with Crippen LogP contribution in [0.2, 0.25) is 0 Å². The summed E-state index contributed by atoms with van der Waals surface area (Å²) >= 11 is 0. The maximum absolute atomic E-state index is 5.90. The van der Waals surface area contributed by atoms with Gasteiger partial charge in [0, 0.05) is 58.2 Å². The van der Waals surface area contributed by atoms with Gasteiger partial charge >= 0.3 is 0 Å². The highest BCUT2D eigenvalue weighted by atomic mass is 127. The molecule has 0 unspecified atom stereocenters. The third-order valence-electron chi connectivity index (χ3n) is 4.24. The summed E-state index contributed by atoms with van der Waals surface area (Å²) in [5, 5.41) is 3.21. The summed E-state index contributed by atoms with van der Waals surface area (Å²) in [6.45, 7) is 8.83. The molecule has 0 aliphatic carbocycles. The van der Waals surface area contributed by atoms with Crippen LogP contribution in [0, 0.1) is 0 Å². The van der Waals surface area contributed by atoms with E-state index >= 15 is 0 Å². The van der Waals surface area contributed by atoms with Crippen molar-refractivity contribution >= 4 is 35.9 Å². The molecule has 0 spiro atoms. The van der Waals surface area contributed by atoms with Crippen LogP contribution in [-0.4, -0.2) is 66.6 Å². The third-order valence-corrected chi connectivity index (χ3v) is 4.24. The minimum atomic E-state index is 0. The van der Waals surface area contributed by atoms with Crippen LogP contribution in [-0.2, 0) is 0 Å². The number of anilines is 1. The van der Waals surface area contributed by atoms with Gasteiger partial charge in [0.1, 0.15) is 0 Å². The number of nitrogens with two attached hydrogens (primary N) is 1. The number of hydrogen-bond acceptors (Lipinski definition) is 5. The van der Waals surface area contributed by atoms with Gasteiger partial charge in [-0.2, -0.15) is 0 Å². The monoisotopic (exact) mass is 461 g/mol. The van der Waals surface area contributed by atoms with Gasteiger partial charge in [0.15, 0.2) is 5.96 Å². The molecule has 1 fully saturated rings. The van der Waals surface area contributed by atoms with E-state index in [0.29, 0.717) is 5.96 Å². The lowest BCUT2D eigenvalue weighted by atomic mass is 10.2. The normalized spacial score (nSPS) is 15.7. The Kier molecular flexibility index (Phi) is 11.5. The molecule has 7 nitrogen and oxygen atoms in total. The van der Waals surface area contributed by atoms with Crippen LogP contribution in [0.25, 0.3) is 0 Å². The Labute approximate surface area is 168 Å². The van der Waals surface area contributed by atoms with Gasteiger partial charge in [-0.25, -0.2) is 9.97 Å². The predicted molar refractivity (Wildman–Crippen MR) is 115 cm³/mol. The molecular formula is C17H32IN7. The maximum atomic E-state index is 5.90. The Morgan fingerprint density at radius 2 is 1.88 bits per heavy atom. The average molecular weight is 461 g/mol. The number of unbranched alkanes of at least 4 members (excludes halogenated alkanes) is 3. The van der Waals surface area contributed by atoms with Crippen LogP contribution in [0.5, 0.6) is 0 Å². The van der Waals surface area contributed by atoms with E-state index in [9.17, 15) is 0 Å². The fourth-order valence-electron chi connectivity index (χ4n) is 2.76. The second-order valence-electron chi connectivity index (χ2n) is 6.13. The van der Waals surface area contributed by atoms with Gasteiger partial charge < -0.3 is 16.0 Å². The number of halogens is 1. The molecule has 0 aromatic carbocycles. The minimum absolute atomic E-state index is 0. The minimum Gasteiger partial charge on any atom is -0.370 e. The molecule has 1 aromatic heterocycles. The molecule has 2 heterocycles. The second kappa shape index (κ2) is 13.1. The molecule has 1 saturated heterocycles. The van der Waals surface area contributed by atoms with Gasteiger partial charge in [-0.15, -0.1) is 24.0 Å². The number of nitrogens with zero attached hydrogens (tertiary/aromatic N) is 5. The number of hydrogen-bond donors (Lipinski definition) is 2. The van der Waals surface area contributed by atoms with Gasteiger partial charge in [-0.1, -0.05) is 26.2 Å². The summed E-state index contributed by atoms with van der Waals surface area (Å²) in [6.07, 6.45) is 8.48. The molecule has 1 aliphatic rings. The smallest absolute Gasteiger partial charge is 0.225 e. The van der Waals surface area contributed by atoms with Crippen molar-refractivity contribution in [3.63, 3.8) is 0 Å². The first-order chi connectivity index (χ1) is 11.8. The van der Waals surface area contributed by atoms with Crippen LogP contribution in [0.15, 0.2) is 23.5 Å². The Hall–Kier alpha value is -1.16. The van der Waals surface area contributed by atoms with E-state index in [2.05, 4.69) is 37.0 Å². The van der Waals surface area contributed by atoms with E-state index in [1.807, 2.05) is 6.07 Å². The van der Waals surface area contributed by atoms with Crippen LogP contribution in [0.1, 0.15) is 32.6 Å². The SMILES string of the molecule is CCCCCCN=C(N)NCCN1CCN(c2ncccn2)CC1.I. The molecule has 0 bridgehead atoms. The molecule has 0 amide bonds. The molecule has 2 rings (SSSR count). The number of aliphatic imine (C=N–C) groups is 1. The lowest BCUT2D eigenvalue weighted by molar-refractivity contribution is 0.260. The highest BCUT2D eigenvalue weighted by Crippen LogP contribution is 2.08. The van der Waals surface area contributed by atoms with Crippen LogP contribution >= 0.6 is 24.0 Å². The van der Waals surface area contributed by atoms with E-state index < -0.39 is 0 Å². The zero-order valence-corrected chi connectivity index (χ0v) is 17.6. The number of aromatic nitrogens is 2. The maximum Gasteiger partial charge on any atom is 0.225 e. The highest BCUT2D eigenvalue weighted by molar-refractivity contribution is 14.0. The van der Waals surface area contributed by atoms with E-state index in [1.54, 1.807) is 12.4 Å². The van der Waals surface area contributed by atoms with E-state index in [4.69, 9.17) is 5.73 Å². The lowest BCUT2D eigenvalue weighted by Gasteiger charge is -2.34. The van der Waals surface area contributed by atoms with Gasteiger partial charge in [0.25, 0.3) is 0 Å². The molecular weight excluding hydrogens is 429 g/mol. The van der Waals surface area contributed by atoms with Gasteiger partial charge in [0.2, 0.25) is 5.95 Å². The largest absolute Gasteiger partial charge is 0.370 e. The van der Waals surface area contributed by atoms with Crippen molar-refractivity contribution in [1.29, 1.82) is 0 Å². The lowest BCUT2D eigenvalue weighted by Crippen LogP contribution is -2.49. The van der Waals surface area contributed by atoms with Gasteiger partial charge in [0.05, 0.1) is 0 Å². The molecule has 0 saturated carbocycles. The molecule has 0 atom stereocenters. The van der Waals surface area contributed by atoms with Crippen molar-refractivity contribution in [2.24, 2.45) is 10.7 Å². The Morgan fingerprint density at radius 1 is 1.16 bits per heavy atom. The molecule has 8 heteroatoms. The summed E-state index contributed by atoms with van der Waals surface area (Å²) in [6, 6.07) is 1.85. The van der Waals surface area contributed by atoms with Gasteiger partial charge in [-0.05, 0) is 12.5 Å². The number of rotatable bonds is 9. The van der Waals surface area contributed by atoms with Crippen LogP contribution in [0.4, 0.5) is 5.95 Å². The number of piperazine rings is 1. The van der Waals surface area contributed by atoms with Crippen molar-refractivity contribution in [3.8, 4) is 0 Å². The first kappa shape index (κ1) is 21.9. The predicted octanol–water partition coefficient (Wildman–Crippen LogP) is 1.70. The molecule has 3 N–H and O–H groups in total. The first-order valence-electron chi connectivity index (χ1n) is 9.07. The fraction of sp³-hybridized carbons (Fsp3) is 0.706. The standard InChI is InChI=1S/C17H31N7.HI/c1-2-3-4-5-7-19-16(18)20-10-11-23-12-14-24(15-13-23)17-21-8-6-9-22-17;/h6,8-9H,2-5,7,10-15H2,1H3,(H3,18,19,20);1H. The van der Waals surface area contributed by atoms with Crippen molar-refractivity contribution < 1.29 is 0 Å². The summed E-state index contributed by atoms with van der Waals surface area (Å²) in [7, 11) is 0. The first-order valence-corrected chi connectivity index (χ1v) is 9.07. The summed E-state index contributed by atoms with van der Waals surface area (Å²) in [4.78, 5) is 17.7. The van der Waals surface area contributed by atoms with Crippen molar-refractivity contribution in [2.45, 2.75) is 32.6 Å². The number of nitrogens with one attached hydrogen (secondary N) is 1. The van der Waals surface area contributed by atoms with Crippen LogP contribution < -0.4 is 16.0 Å². The second-order valence-corrected chi connectivity index (χ2v) is 6.13. The molecule has 25 heavy (non-hydrogen) atoms. The van der Waals surface area contributed by atoms with E-state index in [-0.39, 0.29) is 24.0 Å². The highest BCUT2D eigenvalue weighted by Gasteiger charge is 2.18. The van der Waals surface area contributed by atoms with Crippen LogP contribution in [0.3, 0.4) is 0 Å². The Morgan fingerprint density at radius 3 is 2.56 bits per heavy atom. The van der Waals surface area contributed by atoms with Gasteiger partial charge in [-0.3, -0.25) is 9.89 Å². The topological polar surface area (TPSA) is 82.7 Å². The van der Waals surface area contributed by atoms with E-state index in [0.717, 1.165) is 58.2 Å². The third kappa shape index (κ3) is 8.66. The number of guanidine groups is 1. The molecule has 1 aromatic rings. The quantitative estimate of drug-likeness (QED) is 0.252. The van der Waals surface area contributed by atoms with E-state index in [1.165, 1.54) is 19.3 Å². The fourth-order valence-corrected chi connectivity index (χ4v) is 2.76. The van der Waals surface area contributed by atoms with Crippen molar-refractivity contribution in [1.82, 2.24) is 20.2 Å². The Bertz CT molecular complexity index is 475.